The Kier molecular flexibility index (Phi) is 3.14. The van der Waals surface area contributed by atoms with E-state index >= 15 is 0 Å². The van der Waals surface area contributed by atoms with Gasteiger partial charge in [0.05, 0.1) is 5.69 Å². The van der Waals surface area contributed by atoms with Gasteiger partial charge in [-0.05, 0) is 26.0 Å². The first-order valence-corrected chi connectivity index (χ1v) is 5.52. The topological polar surface area (TPSA) is 58.1 Å². The van der Waals surface area contributed by atoms with Crippen LogP contribution < -0.4 is 5.32 Å². The molecule has 86 valence electrons. The lowest BCUT2D eigenvalue weighted by Gasteiger charge is -2.23. The fraction of sp³-hybridized carbons (Fsp3) is 0.545. The predicted octanol–water partition coefficient (Wildman–Crippen LogP) is 0.214. The summed E-state index contributed by atoms with van der Waals surface area (Å²) in [5.74, 6) is 0.0782. The summed E-state index contributed by atoms with van der Waals surface area (Å²) in [4.78, 5) is 22.2. The third kappa shape index (κ3) is 2.19. The molecule has 0 spiro atoms. The number of hydrogen-bond acceptors (Lipinski definition) is 4. The summed E-state index contributed by atoms with van der Waals surface area (Å²) in [7, 11) is 2.05. The van der Waals surface area contributed by atoms with Crippen molar-refractivity contribution in [1.29, 1.82) is 0 Å². The van der Waals surface area contributed by atoms with Crippen molar-refractivity contribution in [2.75, 3.05) is 20.1 Å². The average Bonchev–Trinajstić information content (AvgIpc) is 2.28. The number of fused-ring (bicyclic) bond motifs is 1. The third-order valence-corrected chi connectivity index (χ3v) is 2.68. The van der Waals surface area contributed by atoms with Gasteiger partial charge in [0.1, 0.15) is 0 Å². The second kappa shape index (κ2) is 4.57. The molecule has 2 heterocycles. The zero-order valence-corrected chi connectivity index (χ0v) is 9.66. The summed E-state index contributed by atoms with van der Waals surface area (Å²) in [6.07, 6.45) is 2.74. The Balaban J connectivity index is 2.24. The second-order valence-electron chi connectivity index (χ2n) is 4.01. The molecule has 0 aromatic carbocycles. The molecular weight excluding hydrogens is 204 g/mol. The first kappa shape index (κ1) is 11.0. The SMILES string of the molecule is CCNC(=O)c1ncc2c(n1)CN(C)CC2. The Morgan fingerprint density at radius 3 is 3.19 bits per heavy atom. The minimum atomic E-state index is -0.196. The minimum absolute atomic E-state index is 0.196. The molecule has 1 amide bonds. The zero-order valence-electron chi connectivity index (χ0n) is 9.66. The molecule has 5 heteroatoms. The molecule has 0 unspecified atom stereocenters. The van der Waals surface area contributed by atoms with Gasteiger partial charge in [-0.3, -0.25) is 4.79 Å². The lowest BCUT2D eigenvalue weighted by molar-refractivity contribution is 0.0944. The lowest BCUT2D eigenvalue weighted by Crippen LogP contribution is -2.30. The highest BCUT2D eigenvalue weighted by Gasteiger charge is 2.17. The summed E-state index contributed by atoms with van der Waals surface area (Å²) < 4.78 is 0. The summed E-state index contributed by atoms with van der Waals surface area (Å²) in [5, 5.41) is 2.70. The number of nitrogens with one attached hydrogen (secondary N) is 1. The zero-order chi connectivity index (χ0) is 11.5. The minimum Gasteiger partial charge on any atom is -0.350 e. The van der Waals surface area contributed by atoms with Crippen LogP contribution in [0.15, 0.2) is 6.20 Å². The predicted molar refractivity (Wildman–Crippen MR) is 60.1 cm³/mol. The summed E-state index contributed by atoms with van der Waals surface area (Å²) in [5.41, 5.74) is 2.14. The normalized spacial score (nSPS) is 15.6. The van der Waals surface area contributed by atoms with Crippen LogP contribution in [0.2, 0.25) is 0 Å². The highest BCUT2D eigenvalue weighted by atomic mass is 16.2. The fourth-order valence-corrected chi connectivity index (χ4v) is 1.78. The Morgan fingerprint density at radius 2 is 2.44 bits per heavy atom. The number of nitrogens with zero attached hydrogens (tertiary/aromatic N) is 3. The number of hydrogen-bond donors (Lipinski definition) is 1. The number of amides is 1. The van der Waals surface area contributed by atoms with Crippen LogP contribution in [0.1, 0.15) is 28.8 Å². The van der Waals surface area contributed by atoms with E-state index in [4.69, 9.17) is 0 Å². The van der Waals surface area contributed by atoms with E-state index in [1.165, 1.54) is 0 Å². The van der Waals surface area contributed by atoms with Crippen molar-refractivity contribution in [3.63, 3.8) is 0 Å². The maximum atomic E-state index is 11.6. The molecule has 16 heavy (non-hydrogen) atoms. The molecule has 1 aromatic rings. The average molecular weight is 220 g/mol. The van der Waals surface area contributed by atoms with E-state index < -0.39 is 0 Å². The molecule has 1 aromatic heterocycles. The monoisotopic (exact) mass is 220 g/mol. The molecule has 0 fully saturated rings. The maximum absolute atomic E-state index is 11.6. The van der Waals surface area contributed by atoms with E-state index in [1.54, 1.807) is 6.20 Å². The van der Waals surface area contributed by atoms with Crippen LogP contribution in [-0.2, 0) is 13.0 Å². The van der Waals surface area contributed by atoms with E-state index in [-0.39, 0.29) is 11.7 Å². The standard InChI is InChI=1S/C11H16N4O/c1-3-12-11(16)10-13-6-8-4-5-15(2)7-9(8)14-10/h6H,3-5,7H2,1-2H3,(H,12,16). The van der Waals surface area contributed by atoms with Crippen molar-refractivity contribution in [3.05, 3.63) is 23.3 Å². The van der Waals surface area contributed by atoms with E-state index in [9.17, 15) is 4.79 Å². The first-order valence-electron chi connectivity index (χ1n) is 5.52. The molecular formula is C11H16N4O. The van der Waals surface area contributed by atoms with Crippen molar-refractivity contribution in [3.8, 4) is 0 Å². The van der Waals surface area contributed by atoms with Crippen molar-refractivity contribution >= 4 is 5.91 Å². The van der Waals surface area contributed by atoms with Crippen LogP contribution in [-0.4, -0.2) is 40.9 Å². The molecule has 0 aliphatic carbocycles. The van der Waals surface area contributed by atoms with Crippen LogP contribution in [0.4, 0.5) is 0 Å². The van der Waals surface area contributed by atoms with Gasteiger partial charge in [0.15, 0.2) is 0 Å². The number of rotatable bonds is 2. The number of aromatic nitrogens is 2. The smallest absolute Gasteiger partial charge is 0.289 e. The molecule has 1 aliphatic rings. The quantitative estimate of drug-likeness (QED) is 0.774. The third-order valence-electron chi connectivity index (χ3n) is 2.68. The van der Waals surface area contributed by atoms with Crippen LogP contribution in [0.3, 0.4) is 0 Å². The van der Waals surface area contributed by atoms with Crippen LogP contribution >= 0.6 is 0 Å². The molecule has 0 saturated heterocycles. The Bertz CT molecular complexity index is 405. The Morgan fingerprint density at radius 1 is 1.62 bits per heavy atom. The summed E-state index contributed by atoms with van der Waals surface area (Å²) in [6, 6.07) is 0. The highest BCUT2D eigenvalue weighted by Crippen LogP contribution is 2.14. The number of likely N-dealkylation sites (N-methyl/N-ethyl adjacent to an activating group) is 1. The van der Waals surface area contributed by atoms with Gasteiger partial charge in [-0.2, -0.15) is 0 Å². The maximum Gasteiger partial charge on any atom is 0.289 e. The Hall–Kier alpha value is -1.49. The van der Waals surface area contributed by atoms with Gasteiger partial charge in [0.25, 0.3) is 5.91 Å². The number of carbonyl (C=O) groups excluding carboxylic acids is 1. The summed E-state index contributed by atoms with van der Waals surface area (Å²) >= 11 is 0. The summed E-state index contributed by atoms with van der Waals surface area (Å²) in [6.45, 7) is 4.30. The fourth-order valence-electron chi connectivity index (χ4n) is 1.78. The van der Waals surface area contributed by atoms with Crippen LogP contribution in [0.25, 0.3) is 0 Å². The second-order valence-corrected chi connectivity index (χ2v) is 4.01. The van der Waals surface area contributed by atoms with E-state index in [0.717, 1.165) is 30.8 Å². The van der Waals surface area contributed by atoms with Gasteiger partial charge in [0, 0.05) is 25.8 Å². The van der Waals surface area contributed by atoms with Crippen LogP contribution in [0, 0.1) is 0 Å². The van der Waals surface area contributed by atoms with Gasteiger partial charge in [-0.25, -0.2) is 9.97 Å². The van der Waals surface area contributed by atoms with E-state index in [0.29, 0.717) is 6.54 Å². The molecule has 5 nitrogen and oxygen atoms in total. The van der Waals surface area contributed by atoms with Crippen LogP contribution in [0.5, 0.6) is 0 Å². The number of carbonyl (C=O) groups is 1. The van der Waals surface area contributed by atoms with Gasteiger partial charge >= 0.3 is 0 Å². The van der Waals surface area contributed by atoms with Crippen molar-refractivity contribution in [1.82, 2.24) is 20.2 Å². The van der Waals surface area contributed by atoms with Crippen molar-refractivity contribution in [2.24, 2.45) is 0 Å². The highest BCUT2D eigenvalue weighted by molar-refractivity contribution is 5.90. The molecule has 0 saturated carbocycles. The molecule has 1 aliphatic heterocycles. The van der Waals surface area contributed by atoms with E-state index in [1.807, 2.05) is 6.92 Å². The van der Waals surface area contributed by atoms with Crippen molar-refractivity contribution < 1.29 is 4.79 Å². The molecule has 1 N–H and O–H groups in total. The largest absolute Gasteiger partial charge is 0.350 e. The molecule has 2 rings (SSSR count). The van der Waals surface area contributed by atoms with Gasteiger partial charge in [0.2, 0.25) is 5.82 Å². The lowest BCUT2D eigenvalue weighted by atomic mass is 10.1. The van der Waals surface area contributed by atoms with E-state index in [2.05, 4.69) is 27.2 Å². The first-order chi connectivity index (χ1) is 7.70. The van der Waals surface area contributed by atoms with Gasteiger partial charge in [-0.15, -0.1) is 0 Å². The molecule has 0 atom stereocenters. The van der Waals surface area contributed by atoms with Gasteiger partial charge < -0.3 is 10.2 Å². The Labute approximate surface area is 94.9 Å². The van der Waals surface area contributed by atoms with Crippen molar-refractivity contribution in [2.45, 2.75) is 19.9 Å². The van der Waals surface area contributed by atoms with Gasteiger partial charge in [-0.1, -0.05) is 0 Å². The molecule has 0 bridgehead atoms. The molecule has 0 radical (unpaired) electrons.